The van der Waals surface area contributed by atoms with Crippen molar-refractivity contribution >= 4 is 35.8 Å². The minimum absolute atomic E-state index is 0. The molecule has 9 heteroatoms. The highest BCUT2D eigenvalue weighted by Gasteiger charge is 2.19. The Balaban J connectivity index is 0.00000363. The molecule has 3 rings (SSSR count). The van der Waals surface area contributed by atoms with Gasteiger partial charge in [-0.05, 0) is 45.2 Å². The molecule has 32 heavy (non-hydrogen) atoms. The van der Waals surface area contributed by atoms with Crippen molar-refractivity contribution in [2.45, 2.75) is 33.1 Å². The Labute approximate surface area is 207 Å². The first kappa shape index (κ1) is 25.9. The zero-order chi connectivity index (χ0) is 22.2. The SMILES string of the molecule is CCNC(=NCCCc1nn(-c2ccc(C)cc2)c(N)c1C#N)N(C)CC1CCOC1.I. The Bertz CT molecular complexity index is 927. The van der Waals surface area contributed by atoms with Crippen LogP contribution in [0.25, 0.3) is 5.69 Å². The van der Waals surface area contributed by atoms with Crippen LogP contribution in [0.15, 0.2) is 29.3 Å². The van der Waals surface area contributed by atoms with E-state index in [1.165, 1.54) is 0 Å². The van der Waals surface area contributed by atoms with Crippen molar-refractivity contribution in [1.82, 2.24) is 20.0 Å². The first-order valence-corrected chi connectivity index (χ1v) is 10.9. The number of aryl methyl sites for hydroxylation is 2. The topological polar surface area (TPSA) is 104 Å². The number of anilines is 1. The second-order valence-corrected chi connectivity index (χ2v) is 8.02. The third-order valence-corrected chi connectivity index (χ3v) is 5.47. The molecule has 1 aromatic carbocycles. The Kier molecular flexibility index (Phi) is 10.3. The van der Waals surface area contributed by atoms with Crippen LogP contribution < -0.4 is 11.1 Å². The maximum atomic E-state index is 9.59. The van der Waals surface area contributed by atoms with Crippen LogP contribution in [0.1, 0.15) is 36.6 Å². The van der Waals surface area contributed by atoms with E-state index in [1.807, 2.05) is 31.2 Å². The van der Waals surface area contributed by atoms with Gasteiger partial charge in [-0.1, -0.05) is 17.7 Å². The first-order chi connectivity index (χ1) is 15.0. The first-order valence-electron chi connectivity index (χ1n) is 10.9. The highest BCUT2D eigenvalue weighted by molar-refractivity contribution is 14.0. The van der Waals surface area contributed by atoms with E-state index in [2.05, 4.69) is 35.4 Å². The summed E-state index contributed by atoms with van der Waals surface area (Å²) in [6.45, 7) is 8.18. The molecule has 0 saturated carbocycles. The van der Waals surface area contributed by atoms with Crippen LogP contribution in [0.2, 0.25) is 0 Å². The van der Waals surface area contributed by atoms with Crippen molar-refractivity contribution in [2.24, 2.45) is 10.9 Å². The van der Waals surface area contributed by atoms with Gasteiger partial charge < -0.3 is 20.7 Å². The van der Waals surface area contributed by atoms with Gasteiger partial charge in [-0.15, -0.1) is 24.0 Å². The fourth-order valence-electron chi connectivity index (χ4n) is 3.76. The summed E-state index contributed by atoms with van der Waals surface area (Å²) < 4.78 is 7.13. The summed E-state index contributed by atoms with van der Waals surface area (Å²) in [6, 6.07) is 10.2. The maximum absolute atomic E-state index is 9.59. The fourth-order valence-corrected chi connectivity index (χ4v) is 3.76. The van der Waals surface area contributed by atoms with Crippen LogP contribution in [0.4, 0.5) is 5.82 Å². The molecule has 0 aliphatic carbocycles. The summed E-state index contributed by atoms with van der Waals surface area (Å²) in [5.41, 5.74) is 9.41. The summed E-state index contributed by atoms with van der Waals surface area (Å²) in [7, 11) is 2.07. The van der Waals surface area contributed by atoms with Gasteiger partial charge >= 0.3 is 0 Å². The number of halogens is 1. The largest absolute Gasteiger partial charge is 0.382 e. The van der Waals surface area contributed by atoms with E-state index >= 15 is 0 Å². The van der Waals surface area contributed by atoms with Gasteiger partial charge in [-0.3, -0.25) is 4.99 Å². The quantitative estimate of drug-likeness (QED) is 0.226. The van der Waals surface area contributed by atoms with Gasteiger partial charge in [-0.2, -0.15) is 10.4 Å². The number of hydrogen-bond donors (Lipinski definition) is 2. The molecule has 1 saturated heterocycles. The second-order valence-electron chi connectivity index (χ2n) is 8.02. The van der Waals surface area contributed by atoms with Crippen molar-refractivity contribution in [3.63, 3.8) is 0 Å². The van der Waals surface area contributed by atoms with E-state index in [0.29, 0.717) is 30.3 Å². The Morgan fingerprint density at radius 1 is 1.41 bits per heavy atom. The molecule has 1 aliphatic heterocycles. The molecule has 174 valence electrons. The smallest absolute Gasteiger partial charge is 0.193 e. The van der Waals surface area contributed by atoms with E-state index in [1.54, 1.807) is 4.68 Å². The predicted octanol–water partition coefficient (Wildman–Crippen LogP) is 3.12. The number of nitrogen functional groups attached to an aromatic ring is 1. The molecule has 1 aliphatic rings. The van der Waals surface area contributed by atoms with Gasteiger partial charge in [0.15, 0.2) is 5.96 Å². The van der Waals surface area contributed by atoms with Crippen molar-refractivity contribution in [3.05, 3.63) is 41.1 Å². The zero-order valence-electron chi connectivity index (χ0n) is 19.2. The Morgan fingerprint density at radius 3 is 2.78 bits per heavy atom. The van der Waals surface area contributed by atoms with Gasteiger partial charge in [0.2, 0.25) is 0 Å². The van der Waals surface area contributed by atoms with Gasteiger partial charge in [-0.25, -0.2) is 4.68 Å². The number of nitrogens with two attached hydrogens (primary N) is 1. The van der Waals surface area contributed by atoms with E-state index in [0.717, 1.165) is 62.0 Å². The zero-order valence-corrected chi connectivity index (χ0v) is 21.5. The van der Waals surface area contributed by atoms with Crippen LogP contribution in [0.5, 0.6) is 0 Å². The van der Waals surface area contributed by atoms with E-state index in [4.69, 9.17) is 15.5 Å². The third kappa shape index (κ3) is 6.59. The van der Waals surface area contributed by atoms with Crippen LogP contribution in [0.3, 0.4) is 0 Å². The molecule has 1 fully saturated rings. The summed E-state index contributed by atoms with van der Waals surface area (Å²) in [4.78, 5) is 6.94. The number of nitriles is 1. The van der Waals surface area contributed by atoms with E-state index < -0.39 is 0 Å². The molecular formula is C23H34IN7O. The maximum Gasteiger partial charge on any atom is 0.193 e. The minimum Gasteiger partial charge on any atom is -0.382 e. The van der Waals surface area contributed by atoms with Crippen LogP contribution >= 0.6 is 24.0 Å². The number of ether oxygens (including phenoxy) is 1. The van der Waals surface area contributed by atoms with Crippen LogP contribution in [0, 0.1) is 24.2 Å². The molecule has 0 bridgehead atoms. The minimum atomic E-state index is 0. The standard InChI is InChI=1S/C23H33N7O.HI/c1-4-26-23(29(3)15-18-11-13-31-16-18)27-12-5-6-21-20(14-24)22(25)30(28-21)19-9-7-17(2)8-10-19;/h7-10,18H,4-6,11-13,15-16,25H2,1-3H3,(H,26,27);1H. The Hall–Kier alpha value is -2.32. The second kappa shape index (κ2) is 12.6. The predicted molar refractivity (Wildman–Crippen MR) is 139 cm³/mol. The lowest BCUT2D eigenvalue weighted by Crippen LogP contribution is -2.41. The summed E-state index contributed by atoms with van der Waals surface area (Å²) >= 11 is 0. The van der Waals surface area contributed by atoms with Crippen molar-refractivity contribution in [2.75, 3.05) is 45.6 Å². The number of benzene rings is 1. The van der Waals surface area contributed by atoms with Gasteiger partial charge in [0.1, 0.15) is 17.5 Å². The number of hydrogen-bond acceptors (Lipinski definition) is 5. The third-order valence-electron chi connectivity index (χ3n) is 5.47. The average Bonchev–Trinajstić information content (AvgIpc) is 3.38. The molecule has 3 N–H and O–H groups in total. The fraction of sp³-hybridized carbons (Fsp3) is 0.522. The number of aliphatic imine (C=N–C) groups is 1. The number of aromatic nitrogens is 2. The Morgan fingerprint density at radius 2 is 2.16 bits per heavy atom. The highest BCUT2D eigenvalue weighted by Crippen LogP contribution is 2.22. The van der Waals surface area contributed by atoms with Crippen molar-refractivity contribution < 1.29 is 4.74 Å². The normalized spacial score (nSPS) is 15.8. The summed E-state index contributed by atoms with van der Waals surface area (Å²) in [5, 5.41) is 17.6. The summed E-state index contributed by atoms with van der Waals surface area (Å²) in [5.74, 6) is 1.84. The van der Waals surface area contributed by atoms with Crippen LogP contribution in [-0.2, 0) is 11.2 Å². The molecule has 0 radical (unpaired) electrons. The van der Waals surface area contributed by atoms with Crippen molar-refractivity contribution in [3.8, 4) is 11.8 Å². The molecule has 2 heterocycles. The molecular weight excluding hydrogens is 517 g/mol. The van der Waals surface area contributed by atoms with E-state index in [-0.39, 0.29) is 24.0 Å². The molecule has 2 aromatic rings. The lowest BCUT2D eigenvalue weighted by Gasteiger charge is -2.24. The van der Waals surface area contributed by atoms with Crippen LogP contribution in [-0.4, -0.2) is 60.5 Å². The molecule has 1 unspecified atom stereocenters. The number of nitrogens with one attached hydrogen (secondary N) is 1. The van der Waals surface area contributed by atoms with Gasteiger partial charge in [0.25, 0.3) is 0 Å². The van der Waals surface area contributed by atoms with Gasteiger partial charge in [0, 0.05) is 39.2 Å². The number of nitrogens with zero attached hydrogens (tertiary/aromatic N) is 5. The lowest BCUT2D eigenvalue weighted by molar-refractivity contribution is 0.181. The molecule has 0 amide bonds. The molecule has 1 atom stereocenters. The monoisotopic (exact) mass is 551 g/mol. The average molecular weight is 551 g/mol. The lowest BCUT2D eigenvalue weighted by atomic mass is 10.1. The van der Waals surface area contributed by atoms with Crippen molar-refractivity contribution in [1.29, 1.82) is 5.26 Å². The van der Waals surface area contributed by atoms with E-state index in [9.17, 15) is 5.26 Å². The molecule has 0 spiro atoms. The number of guanidine groups is 1. The molecule has 8 nitrogen and oxygen atoms in total. The number of rotatable bonds is 8. The summed E-state index contributed by atoms with van der Waals surface area (Å²) in [6.07, 6.45) is 2.54. The molecule has 1 aromatic heterocycles. The highest BCUT2D eigenvalue weighted by atomic mass is 127. The van der Waals surface area contributed by atoms with Gasteiger partial charge in [0.05, 0.1) is 18.0 Å².